The summed E-state index contributed by atoms with van der Waals surface area (Å²) in [5.74, 6) is 0. The molecule has 5 heteroatoms. The van der Waals surface area contributed by atoms with Crippen LogP contribution in [0.25, 0.3) is 16.6 Å². The van der Waals surface area contributed by atoms with E-state index in [1.807, 2.05) is 17.9 Å². The number of rotatable bonds is 2. The highest BCUT2D eigenvalue weighted by Crippen LogP contribution is 2.28. The zero-order valence-electron chi connectivity index (χ0n) is 12.0. The Labute approximate surface area is 122 Å². The lowest BCUT2D eigenvalue weighted by Gasteiger charge is -2.04. The van der Waals surface area contributed by atoms with Crippen molar-refractivity contribution >= 4 is 22.7 Å². The van der Waals surface area contributed by atoms with Crippen LogP contribution in [0.15, 0.2) is 29.3 Å². The van der Waals surface area contributed by atoms with Crippen LogP contribution < -0.4 is 0 Å². The molecule has 0 bridgehead atoms. The Balaban J connectivity index is 2.30. The summed E-state index contributed by atoms with van der Waals surface area (Å²) in [6, 6.07) is 8.37. The number of fused-ring (bicyclic) bond motifs is 1. The highest BCUT2D eigenvalue weighted by Gasteiger charge is 2.16. The minimum atomic E-state index is 0.875. The first-order valence-corrected chi connectivity index (χ1v) is 7.68. The van der Waals surface area contributed by atoms with Gasteiger partial charge in [0.1, 0.15) is 10.5 Å². The van der Waals surface area contributed by atoms with Gasteiger partial charge in [0.05, 0.1) is 17.1 Å². The van der Waals surface area contributed by atoms with E-state index >= 15 is 0 Å². The van der Waals surface area contributed by atoms with Gasteiger partial charge in [-0.05, 0) is 39.2 Å². The van der Waals surface area contributed by atoms with Gasteiger partial charge in [-0.15, -0.1) is 16.9 Å². The summed E-state index contributed by atoms with van der Waals surface area (Å²) in [6.45, 7) is 6.14. The predicted octanol–water partition coefficient (Wildman–Crippen LogP) is 3.46. The fourth-order valence-corrected chi connectivity index (χ4v) is 2.84. The number of thioether (sulfide) groups is 1. The van der Waals surface area contributed by atoms with Gasteiger partial charge < -0.3 is 0 Å². The number of hydrogen-bond acceptors (Lipinski definition) is 4. The van der Waals surface area contributed by atoms with Crippen LogP contribution in [0.2, 0.25) is 0 Å². The average Bonchev–Trinajstić information content (AvgIpc) is 2.79. The molecule has 0 spiro atoms. The average molecular weight is 284 g/mol. The van der Waals surface area contributed by atoms with Crippen molar-refractivity contribution in [3.63, 3.8) is 0 Å². The summed E-state index contributed by atoms with van der Waals surface area (Å²) >= 11 is 1.58. The quantitative estimate of drug-likeness (QED) is 0.676. The molecule has 0 fully saturated rings. The molecule has 3 rings (SSSR count). The molecule has 0 amide bonds. The summed E-state index contributed by atoms with van der Waals surface area (Å²) in [6.07, 6.45) is 2.00. The molecule has 20 heavy (non-hydrogen) atoms. The monoisotopic (exact) mass is 284 g/mol. The first-order chi connectivity index (χ1) is 9.61. The van der Waals surface area contributed by atoms with Crippen molar-refractivity contribution in [1.82, 2.24) is 20.0 Å². The smallest absolute Gasteiger partial charge is 0.147 e. The van der Waals surface area contributed by atoms with Crippen LogP contribution in [0.4, 0.5) is 0 Å². The normalized spacial score (nSPS) is 11.2. The predicted molar refractivity (Wildman–Crippen MR) is 82.7 cm³/mol. The van der Waals surface area contributed by atoms with Crippen LogP contribution in [0.1, 0.15) is 17.0 Å². The third kappa shape index (κ3) is 1.98. The molecule has 3 aromatic rings. The Kier molecular flexibility index (Phi) is 3.22. The van der Waals surface area contributed by atoms with E-state index in [9.17, 15) is 0 Å². The Morgan fingerprint density at radius 2 is 1.70 bits per heavy atom. The Morgan fingerprint density at radius 1 is 1.00 bits per heavy atom. The summed E-state index contributed by atoms with van der Waals surface area (Å²) in [7, 11) is 0. The maximum atomic E-state index is 4.74. The summed E-state index contributed by atoms with van der Waals surface area (Å²) in [5, 5.41) is 15.2. The zero-order valence-corrected chi connectivity index (χ0v) is 12.8. The second kappa shape index (κ2) is 4.90. The highest BCUT2D eigenvalue weighted by atomic mass is 32.2. The maximum absolute atomic E-state index is 4.74. The van der Waals surface area contributed by atoms with Crippen LogP contribution >= 0.6 is 11.8 Å². The number of aromatic nitrogens is 4. The van der Waals surface area contributed by atoms with Crippen LogP contribution in [-0.2, 0) is 0 Å². The van der Waals surface area contributed by atoms with E-state index in [2.05, 4.69) is 48.3 Å². The third-order valence-corrected chi connectivity index (χ3v) is 4.11. The van der Waals surface area contributed by atoms with E-state index < -0.39 is 0 Å². The van der Waals surface area contributed by atoms with E-state index in [1.165, 1.54) is 5.56 Å². The molecule has 2 heterocycles. The molecule has 0 saturated heterocycles. The lowest BCUT2D eigenvalue weighted by molar-refractivity contribution is 0.852. The minimum Gasteiger partial charge on any atom is -0.237 e. The van der Waals surface area contributed by atoms with E-state index in [0.717, 1.165) is 33.0 Å². The second-order valence-electron chi connectivity index (χ2n) is 4.85. The van der Waals surface area contributed by atoms with Crippen LogP contribution in [0, 0.1) is 20.8 Å². The Morgan fingerprint density at radius 3 is 2.35 bits per heavy atom. The molecule has 0 aliphatic carbocycles. The second-order valence-corrected chi connectivity index (χ2v) is 5.65. The fourth-order valence-electron chi connectivity index (χ4n) is 2.38. The standard InChI is InChI=1S/C15H16N4S/c1-9-5-7-12(8-6-9)19-11(3)13-10(2)16-17-15(20-4)14(13)18-19/h5-8H,1-4H3. The van der Waals surface area contributed by atoms with Gasteiger partial charge in [0.15, 0.2) is 0 Å². The molecule has 0 radical (unpaired) electrons. The van der Waals surface area contributed by atoms with Gasteiger partial charge in [0, 0.05) is 5.39 Å². The molecule has 1 aromatic carbocycles. The lowest BCUT2D eigenvalue weighted by atomic mass is 10.2. The van der Waals surface area contributed by atoms with Crippen molar-refractivity contribution in [3.05, 3.63) is 41.2 Å². The molecule has 102 valence electrons. The maximum Gasteiger partial charge on any atom is 0.147 e. The van der Waals surface area contributed by atoms with Gasteiger partial charge >= 0.3 is 0 Å². The first-order valence-electron chi connectivity index (χ1n) is 6.45. The first kappa shape index (κ1) is 13.1. The molecule has 0 aliphatic heterocycles. The minimum absolute atomic E-state index is 0.875. The van der Waals surface area contributed by atoms with Crippen molar-refractivity contribution in [2.24, 2.45) is 0 Å². The fraction of sp³-hybridized carbons (Fsp3) is 0.267. The highest BCUT2D eigenvalue weighted by molar-refractivity contribution is 7.98. The van der Waals surface area contributed by atoms with Crippen molar-refractivity contribution in [1.29, 1.82) is 0 Å². The van der Waals surface area contributed by atoms with Gasteiger partial charge in [-0.1, -0.05) is 17.7 Å². The SMILES string of the molecule is CSc1nnc(C)c2c(C)n(-c3ccc(C)cc3)nc12. The Hall–Kier alpha value is -1.88. The van der Waals surface area contributed by atoms with Gasteiger partial charge in [-0.2, -0.15) is 10.2 Å². The molecule has 4 nitrogen and oxygen atoms in total. The molecule has 0 aliphatic rings. The van der Waals surface area contributed by atoms with E-state index in [4.69, 9.17) is 5.10 Å². The van der Waals surface area contributed by atoms with E-state index in [1.54, 1.807) is 11.8 Å². The molecular weight excluding hydrogens is 268 g/mol. The topological polar surface area (TPSA) is 43.6 Å². The van der Waals surface area contributed by atoms with Gasteiger partial charge in [-0.3, -0.25) is 0 Å². The largest absolute Gasteiger partial charge is 0.237 e. The third-order valence-electron chi connectivity index (χ3n) is 3.44. The van der Waals surface area contributed by atoms with Gasteiger partial charge in [0.2, 0.25) is 0 Å². The molecule has 2 aromatic heterocycles. The molecular formula is C15H16N4S. The molecule has 0 N–H and O–H groups in total. The van der Waals surface area contributed by atoms with Crippen molar-refractivity contribution in [2.45, 2.75) is 25.8 Å². The number of nitrogens with zero attached hydrogens (tertiary/aromatic N) is 4. The van der Waals surface area contributed by atoms with Gasteiger partial charge in [-0.25, -0.2) is 4.68 Å². The molecule has 0 unspecified atom stereocenters. The van der Waals surface area contributed by atoms with Crippen LogP contribution in [0.5, 0.6) is 0 Å². The lowest BCUT2D eigenvalue weighted by Crippen LogP contribution is -1.98. The van der Waals surface area contributed by atoms with Crippen LogP contribution in [0.3, 0.4) is 0 Å². The molecule has 0 atom stereocenters. The number of hydrogen-bond donors (Lipinski definition) is 0. The number of aryl methyl sites for hydroxylation is 3. The molecule has 0 saturated carbocycles. The van der Waals surface area contributed by atoms with Crippen molar-refractivity contribution in [2.75, 3.05) is 6.26 Å². The summed E-state index contributed by atoms with van der Waals surface area (Å²) in [5.41, 5.74) is 5.27. The van der Waals surface area contributed by atoms with E-state index in [-0.39, 0.29) is 0 Å². The van der Waals surface area contributed by atoms with E-state index in [0.29, 0.717) is 0 Å². The van der Waals surface area contributed by atoms with Crippen LogP contribution in [-0.4, -0.2) is 26.2 Å². The summed E-state index contributed by atoms with van der Waals surface area (Å²) in [4.78, 5) is 0. The van der Waals surface area contributed by atoms with Crippen molar-refractivity contribution < 1.29 is 0 Å². The van der Waals surface area contributed by atoms with Gasteiger partial charge in [0.25, 0.3) is 0 Å². The van der Waals surface area contributed by atoms with Crippen molar-refractivity contribution in [3.8, 4) is 5.69 Å². The summed E-state index contributed by atoms with van der Waals surface area (Å²) < 4.78 is 1.97. The zero-order chi connectivity index (χ0) is 14.3. The number of benzene rings is 1. The Bertz CT molecular complexity index is 775.